The van der Waals surface area contributed by atoms with Crippen molar-refractivity contribution in [2.45, 2.75) is 0 Å². The number of anilines is 1. The minimum atomic E-state index is -0.156. The minimum Gasteiger partial charge on any atom is -0.321 e. The van der Waals surface area contributed by atoms with E-state index >= 15 is 0 Å². The number of aromatic nitrogens is 1. The molecule has 3 aromatic carbocycles. The number of thiazole rings is 1. The van der Waals surface area contributed by atoms with E-state index in [0.717, 1.165) is 21.5 Å². The van der Waals surface area contributed by atoms with E-state index < -0.39 is 0 Å². The first-order valence-electron chi connectivity index (χ1n) is 7.71. The second kappa shape index (κ2) is 6.67. The van der Waals surface area contributed by atoms with Gasteiger partial charge in [-0.05, 0) is 35.4 Å². The Balaban J connectivity index is 1.59. The Labute approximate surface area is 153 Å². The van der Waals surface area contributed by atoms with Gasteiger partial charge in [-0.25, -0.2) is 4.98 Å². The Bertz CT molecular complexity index is 1040. The van der Waals surface area contributed by atoms with Crippen LogP contribution in [0, 0.1) is 0 Å². The highest BCUT2D eigenvalue weighted by Gasteiger charge is 2.12. The Morgan fingerprint density at radius 1 is 0.920 bits per heavy atom. The fourth-order valence-corrected chi connectivity index (χ4v) is 3.70. The molecule has 0 saturated heterocycles. The predicted molar refractivity (Wildman–Crippen MR) is 104 cm³/mol. The monoisotopic (exact) mass is 364 g/mol. The number of carbonyl (C=O) groups excluding carboxylic acids is 1. The van der Waals surface area contributed by atoms with Gasteiger partial charge in [0.05, 0.1) is 20.9 Å². The van der Waals surface area contributed by atoms with Gasteiger partial charge in [0.1, 0.15) is 5.52 Å². The maximum atomic E-state index is 12.6. The van der Waals surface area contributed by atoms with Gasteiger partial charge in [-0.15, -0.1) is 11.3 Å². The molecule has 3 nitrogen and oxygen atoms in total. The number of nitrogens with one attached hydrogen (secondary N) is 1. The molecule has 0 radical (unpaired) electrons. The van der Waals surface area contributed by atoms with Crippen LogP contribution in [0.3, 0.4) is 0 Å². The standard InChI is InChI=1S/C20H13ClN2OS/c21-16-10-11-17(19-18(16)22-12-25-19)23-20(24)15-8-6-14(7-9-15)13-4-2-1-3-5-13/h1-12H,(H,23,24). The molecule has 0 fully saturated rings. The molecular weight excluding hydrogens is 352 g/mol. The highest BCUT2D eigenvalue weighted by Crippen LogP contribution is 2.32. The number of hydrogen-bond acceptors (Lipinski definition) is 3. The van der Waals surface area contributed by atoms with Crippen LogP contribution >= 0.6 is 22.9 Å². The lowest BCUT2D eigenvalue weighted by Crippen LogP contribution is -2.11. The molecule has 0 spiro atoms. The van der Waals surface area contributed by atoms with Gasteiger partial charge in [-0.1, -0.05) is 54.1 Å². The summed E-state index contributed by atoms with van der Waals surface area (Å²) in [6.45, 7) is 0. The summed E-state index contributed by atoms with van der Waals surface area (Å²) in [7, 11) is 0. The van der Waals surface area contributed by atoms with Crippen molar-refractivity contribution in [1.82, 2.24) is 4.98 Å². The molecule has 1 heterocycles. The first-order valence-corrected chi connectivity index (χ1v) is 8.97. The number of benzene rings is 3. The lowest BCUT2D eigenvalue weighted by Gasteiger charge is -2.08. The van der Waals surface area contributed by atoms with Gasteiger partial charge in [0, 0.05) is 5.56 Å². The first-order chi connectivity index (χ1) is 12.2. The van der Waals surface area contributed by atoms with Crippen LogP contribution < -0.4 is 5.32 Å². The van der Waals surface area contributed by atoms with Crippen LogP contribution in [0.2, 0.25) is 5.02 Å². The van der Waals surface area contributed by atoms with Crippen molar-refractivity contribution in [2.24, 2.45) is 0 Å². The van der Waals surface area contributed by atoms with Crippen molar-refractivity contribution in [2.75, 3.05) is 5.32 Å². The summed E-state index contributed by atoms with van der Waals surface area (Å²) in [6.07, 6.45) is 0. The van der Waals surface area contributed by atoms with Crippen LogP contribution in [-0.4, -0.2) is 10.9 Å². The molecule has 0 unspecified atom stereocenters. The largest absolute Gasteiger partial charge is 0.321 e. The van der Waals surface area contributed by atoms with Gasteiger partial charge in [0.15, 0.2) is 0 Å². The van der Waals surface area contributed by atoms with Crippen LogP contribution in [0.15, 0.2) is 72.2 Å². The maximum absolute atomic E-state index is 12.6. The summed E-state index contributed by atoms with van der Waals surface area (Å²) < 4.78 is 0.877. The van der Waals surface area contributed by atoms with Crippen molar-refractivity contribution in [1.29, 1.82) is 0 Å². The number of fused-ring (bicyclic) bond motifs is 1. The predicted octanol–water partition coefficient (Wildman–Crippen LogP) is 5.87. The van der Waals surface area contributed by atoms with Crippen molar-refractivity contribution >= 4 is 44.7 Å². The number of nitrogens with zero attached hydrogens (tertiary/aromatic N) is 1. The van der Waals surface area contributed by atoms with E-state index in [4.69, 9.17) is 11.6 Å². The SMILES string of the molecule is O=C(Nc1ccc(Cl)c2ncsc12)c1ccc(-c2ccccc2)cc1. The highest BCUT2D eigenvalue weighted by atomic mass is 35.5. The number of hydrogen-bond donors (Lipinski definition) is 1. The normalized spacial score (nSPS) is 10.8. The van der Waals surface area contributed by atoms with Gasteiger partial charge < -0.3 is 5.32 Å². The van der Waals surface area contributed by atoms with E-state index in [-0.39, 0.29) is 5.91 Å². The molecule has 0 bridgehead atoms. The quantitative estimate of drug-likeness (QED) is 0.494. The average Bonchev–Trinajstić information content (AvgIpc) is 3.16. The van der Waals surface area contributed by atoms with Crippen molar-refractivity contribution < 1.29 is 4.79 Å². The molecule has 0 saturated carbocycles. The summed E-state index contributed by atoms with van der Waals surface area (Å²) in [5.41, 5.74) is 5.96. The Morgan fingerprint density at radius 2 is 1.64 bits per heavy atom. The molecule has 122 valence electrons. The number of carbonyl (C=O) groups is 1. The molecule has 4 rings (SSSR count). The average molecular weight is 365 g/mol. The lowest BCUT2D eigenvalue weighted by molar-refractivity contribution is 0.102. The summed E-state index contributed by atoms with van der Waals surface area (Å²) in [6, 6.07) is 21.2. The Hall–Kier alpha value is -2.69. The second-order valence-electron chi connectivity index (χ2n) is 5.52. The fourth-order valence-electron chi connectivity index (χ4n) is 2.66. The van der Waals surface area contributed by atoms with Gasteiger partial charge in [-0.3, -0.25) is 4.79 Å². The smallest absolute Gasteiger partial charge is 0.255 e. The van der Waals surface area contributed by atoms with E-state index in [2.05, 4.69) is 10.3 Å². The molecule has 5 heteroatoms. The number of halogens is 1. The molecule has 25 heavy (non-hydrogen) atoms. The van der Waals surface area contributed by atoms with Crippen molar-refractivity contribution in [3.05, 3.63) is 82.8 Å². The van der Waals surface area contributed by atoms with Gasteiger partial charge in [0.2, 0.25) is 0 Å². The molecule has 1 N–H and O–H groups in total. The van der Waals surface area contributed by atoms with Crippen LogP contribution in [-0.2, 0) is 0 Å². The first kappa shape index (κ1) is 15.8. The van der Waals surface area contributed by atoms with Crippen LogP contribution in [0.5, 0.6) is 0 Å². The molecule has 0 aliphatic heterocycles. The van der Waals surface area contributed by atoms with E-state index in [1.54, 1.807) is 17.6 Å². The zero-order valence-corrected chi connectivity index (χ0v) is 14.6. The third-order valence-corrected chi connectivity index (χ3v) is 5.10. The van der Waals surface area contributed by atoms with E-state index in [0.29, 0.717) is 16.1 Å². The lowest BCUT2D eigenvalue weighted by atomic mass is 10.0. The van der Waals surface area contributed by atoms with Crippen LogP contribution in [0.25, 0.3) is 21.3 Å². The third-order valence-electron chi connectivity index (χ3n) is 3.94. The molecule has 4 aromatic rings. The van der Waals surface area contributed by atoms with E-state index in [9.17, 15) is 4.79 Å². The molecule has 1 aromatic heterocycles. The second-order valence-corrected chi connectivity index (χ2v) is 6.78. The fraction of sp³-hybridized carbons (Fsp3) is 0. The van der Waals surface area contributed by atoms with E-state index in [1.807, 2.05) is 54.6 Å². The molecule has 0 aliphatic carbocycles. The zero-order valence-electron chi connectivity index (χ0n) is 13.1. The summed E-state index contributed by atoms with van der Waals surface area (Å²) >= 11 is 7.59. The summed E-state index contributed by atoms with van der Waals surface area (Å²) in [4.78, 5) is 16.8. The third kappa shape index (κ3) is 3.14. The van der Waals surface area contributed by atoms with Crippen molar-refractivity contribution in [3.8, 4) is 11.1 Å². The maximum Gasteiger partial charge on any atom is 0.255 e. The van der Waals surface area contributed by atoms with Gasteiger partial charge >= 0.3 is 0 Å². The Kier molecular flexibility index (Phi) is 4.22. The topological polar surface area (TPSA) is 42.0 Å². The number of rotatable bonds is 3. The van der Waals surface area contributed by atoms with Gasteiger partial charge in [0.25, 0.3) is 5.91 Å². The van der Waals surface area contributed by atoms with Crippen LogP contribution in [0.1, 0.15) is 10.4 Å². The minimum absolute atomic E-state index is 0.156. The number of amides is 1. The summed E-state index contributed by atoms with van der Waals surface area (Å²) in [5.74, 6) is -0.156. The van der Waals surface area contributed by atoms with Crippen molar-refractivity contribution in [3.63, 3.8) is 0 Å². The highest BCUT2D eigenvalue weighted by molar-refractivity contribution is 7.17. The molecule has 0 atom stereocenters. The Morgan fingerprint density at radius 3 is 2.40 bits per heavy atom. The van der Waals surface area contributed by atoms with Gasteiger partial charge in [-0.2, -0.15) is 0 Å². The zero-order chi connectivity index (χ0) is 17.2. The summed E-state index contributed by atoms with van der Waals surface area (Å²) in [5, 5.41) is 3.53. The molecule has 0 aliphatic rings. The van der Waals surface area contributed by atoms with E-state index in [1.165, 1.54) is 11.3 Å². The van der Waals surface area contributed by atoms with Crippen LogP contribution in [0.4, 0.5) is 5.69 Å². The molecule has 1 amide bonds. The molecular formula is C20H13ClN2OS.